The lowest BCUT2D eigenvalue weighted by molar-refractivity contribution is -0.138. The Kier molecular flexibility index (Phi) is 10.1. The first-order valence-corrected chi connectivity index (χ1v) is 15.2. The number of benzene rings is 2. The summed E-state index contributed by atoms with van der Waals surface area (Å²) in [7, 11) is -2.12. The summed E-state index contributed by atoms with van der Waals surface area (Å²) < 4.78 is 68.4. The summed E-state index contributed by atoms with van der Waals surface area (Å²) in [6.07, 6.45) is -4.66. The van der Waals surface area contributed by atoms with Crippen LogP contribution in [0.15, 0.2) is 52.5 Å². The first kappa shape index (κ1) is 33.8. The minimum absolute atomic E-state index is 0.00167. The molecule has 2 aromatic carbocycles. The van der Waals surface area contributed by atoms with Crippen molar-refractivity contribution in [1.82, 2.24) is 14.9 Å². The lowest BCUT2D eigenvalue weighted by Crippen LogP contribution is -2.31. The van der Waals surface area contributed by atoms with Crippen molar-refractivity contribution in [2.75, 3.05) is 19.5 Å². The maximum Gasteiger partial charge on any atom is 0.416 e. The van der Waals surface area contributed by atoms with Crippen LogP contribution in [0.4, 0.5) is 13.2 Å². The quantitative estimate of drug-likeness (QED) is 0.237. The van der Waals surface area contributed by atoms with Gasteiger partial charge in [-0.3, -0.25) is 4.79 Å². The van der Waals surface area contributed by atoms with Gasteiger partial charge in [-0.1, -0.05) is 57.1 Å². The SMILES string of the molecule is CCS(=O)(=O)c1ccc([C@@H](CO)NC(=O)c2nc(C(C)(C)C)n(Cc3ccc(/C(C)=N\OC)cc3C(F)(F)F)c2C)cc1. The van der Waals surface area contributed by atoms with E-state index in [0.717, 1.165) is 6.07 Å². The fraction of sp³-hybridized carbons (Fsp3) is 0.433. The van der Waals surface area contributed by atoms with E-state index in [2.05, 4.69) is 15.5 Å². The fourth-order valence-electron chi connectivity index (χ4n) is 4.61. The van der Waals surface area contributed by atoms with E-state index in [1.807, 2.05) is 20.8 Å². The Morgan fingerprint density at radius 1 is 1.14 bits per heavy atom. The number of nitrogens with zero attached hydrogens (tertiary/aromatic N) is 3. The number of hydrogen-bond acceptors (Lipinski definition) is 7. The molecule has 0 radical (unpaired) electrons. The van der Waals surface area contributed by atoms with Gasteiger partial charge in [0, 0.05) is 17.7 Å². The number of imidazole rings is 1. The Labute approximate surface area is 249 Å². The van der Waals surface area contributed by atoms with E-state index in [1.54, 1.807) is 18.4 Å². The molecule has 0 saturated carbocycles. The highest BCUT2D eigenvalue weighted by atomic mass is 32.2. The predicted octanol–water partition coefficient (Wildman–Crippen LogP) is 5.18. The second-order valence-electron chi connectivity index (χ2n) is 11.1. The highest BCUT2D eigenvalue weighted by molar-refractivity contribution is 7.91. The van der Waals surface area contributed by atoms with Crippen LogP contribution in [0.1, 0.15) is 84.9 Å². The normalized spacial score (nSPS) is 13.6. The van der Waals surface area contributed by atoms with Crippen LogP contribution in [0, 0.1) is 6.92 Å². The van der Waals surface area contributed by atoms with Crippen molar-refractivity contribution >= 4 is 21.5 Å². The van der Waals surface area contributed by atoms with Crippen molar-refractivity contribution in [1.29, 1.82) is 0 Å². The number of carbonyl (C=O) groups excluding carboxylic acids is 1. The molecule has 1 heterocycles. The number of halogens is 3. The third kappa shape index (κ3) is 7.63. The third-order valence-electron chi connectivity index (χ3n) is 7.01. The standard InChI is InChI=1S/C30H37F3N4O5S/c1-8-43(40,41)23-13-11-20(12-14-23)25(17-38)34-27(39)26-19(3)37(28(35-26)29(4,5)6)16-22-10-9-21(18(2)36-42-7)15-24(22)30(31,32)33/h9-15,25,38H,8,16-17H2,1-7H3,(H,34,39)/b36-18-/t25-/m1/s1. The number of aromatic nitrogens is 2. The van der Waals surface area contributed by atoms with Crippen LogP contribution in [0.5, 0.6) is 0 Å². The number of alkyl halides is 3. The Morgan fingerprint density at radius 2 is 1.77 bits per heavy atom. The largest absolute Gasteiger partial charge is 0.416 e. The van der Waals surface area contributed by atoms with Crippen LogP contribution in [-0.2, 0) is 32.8 Å². The van der Waals surface area contributed by atoms with Gasteiger partial charge in [-0.25, -0.2) is 13.4 Å². The van der Waals surface area contributed by atoms with Gasteiger partial charge < -0.3 is 19.8 Å². The molecule has 0 saturated heterocycles. The zero-order valence-corrected chi connectivity index (χ0v) is 26.0. The van der Waals surface area contributed by atoms with E-state index in [9.17, 15) is 31.5 Å². The number of aliphatic hydroxyl groups is 1. The Morgan fingerprint density at radius 3 is 2.28 bits per heavy atom. The first-order valence-electron chi connectivity index (χ1n) is 13.5. The molecule has 3 rings (SSSR count). The van der Waals surface area contributed by atoms with Crippen molar-refractivity contribution in [2.45, 2.75) is 70.6 Å². The van der Waals surface area contributed by atoms with Crippen molar-refractivity contribution in [3.8, 4) is 0 Å². The van der Waals surface area contributed by atoms with Crippen LogP contribution in [0.2, 0.25) is 0 Å². The lowest BCUT2D eigenvalue weighted by Gasteiger charge is -2.22. The van der Waals surface area contributed by atoms with E-state index in [1.165, 1.54) is 50.4 Å². The van der Waals surface area contributed by atoms with E-state index in [0.29, 0.717) is 17.1 Å². The highest BCUT2D eigenvalue weighted by Crippen LogP contribution is 2.35. The molecule has 1 atom stereocenters. The zero-order valence-electron chi connectivity index (χ0n) is 25.2. The smallest absolute Gasteiger partial charge is 0.399 e. The van der Waals surface area contributed by atoms with Gasteiger partial charge in [0.05, 0.1) is 34.6 Å². The summed E-state index contributed by atoms with van der Waals surface area (Å²) >= 11 is 0. The Balaban J connectivity index is 2.02. The van der Waals surface area contributed by atoms with Crippen molar-refractivity contribution in [3.63, 3.8) is 0 Å². The van der Waals surface area contributed by atoms with Gasteiger partial charge in [0.15, 0.2) is 9.84 Å². The maximum atomic E-state index is 14.2. The lowest BCUT2D eigenvalue weighted by atomic mass is 9.95. The molecule has 3 aromatic rings. The fourth-order valence-corrected chi connectivity index (χ4v) is 5.50. The van der Waals surface area contributed by atoms with Crippen LogP contribution in [0.25, 0.3) is 0 Å². The second-order valence-corrected chi connectivity index (χ2v) is 13.4. The molecule has 13 heteroatoms. The molecule has 0 bridgehead atoms. The minimum atomic E-state index is -4.66. The summed E-state index contributed by atoms with van der Waals surface area (Å²) in [6, 6.07) is 8.89. The van der Waals surface area contributed by atoms with E-state index in [4.69, 9.17) is 4.84 Å². The summed E-state index contributed by atoms with van der Waals surface area (Å²) in [5.41, 5.74) is -0.140. The minimum Gasteiger partial charge on any atom is -0.399 e. The average Bonchev–Trinajstić information content (AvgIpc) is 3.27. The van der Waals surface area contributed by atoms with Crippen molar-refractivity contribution in [3.05, 3.63) is 81.9 Å². The molecule has 0 aliphatic rings. The summed E-state index contributed by atoms with van der Waals surface area (Å²) in [4.78, 5) is 22.8. The average molecular weight is 623 g/mol. The molecule has 43 heavy (non-hydrogen) atoms. The summed E-state index contributed by atoms with van der Waals surface area (Å²) in [5.74, 6) is -0.302. The molecule has 0 aliphatic carbocycles. The zero-order chi connectivity index (χ0) is 32.3. The van der Waals surface area contributed by atoms with Gasteiger partial charge in [0.25, 0.3) is 5.91 Å². The molecule has 0 spiro atoms. The molecule has 234 valence electrons. The van der Waals surface area contributed by atoms with E-state index < -0.39 is 45.5 Å². The van der Waals surface area contributed by atoms with E-state index in [-0.39, 0.29) is 39.7 Å². The van der Waals surface area contributed by atoms with Crippen LogP contribution in [0.3, 0.4) is 0 Å². The summed E-state index contributed by atoms with van der Waals surface area (Å²) in [5, 5.41) is 16.5. The second kappa shape index (κ2) is 12.9. The highest BCUT2D eigenvalue weighted by Gasteiger charge is 2.35. The molecule has 9 nitrogen and oxygen atoms in total. The number of sulfone groups is 1. The van der Waals surface area contributed by atoms with Gasteiger partial charge in [-0.15, -0.1) is 0 Å². The molecular weight excluding hydrogens is 585 g/mol. The van der Waals surface area contributed by atoms with Crippen molar-refractivity contribution in [2.24, 2.45) is 5.16 Å². The number of carbonyl (C=O) groups is 1. The summed E-state index contributed by atoms with van der Waals surface area (Å²) in [6.45, 7) is 9.52. The number of hydrogen-bond donors (Lipinski definition) is 2. The van der Waals surface area contributed by atoms with Crippen LogP contribution >= 0.6 is 0 Å². The molecule has 2 N–H and O–H groups in total. The van der Waals surface area contributed by atoms with Crippen molar-refractivity contribution < 1.29 is 36.3 Å². The monoisotopic (exact) mass is 622 g/mol. The Hall–Kier alpha value is -3.71. The topological polar surface area (TPSA) is 123 Å². The van der Waals surface area contributed by atoms with Gasteiger partial charge in [0.2, 0.25) is 0 Å². The number of aliphatic hydroxyl groups excluding tert-OH is 1. The number of rotatable bonds is 10. The molecule has 0 unspecified atom stereocenters. The van der Waals surface area contributed by atoms with Gasteiger partial charge in [-0.2, -0.15) is 13.2 Å². The van der Waals surface area contributed by atoms with Crippen LogP contribution < -0.4 is 5.32 Å². The van der Waals surface area contributed by atoms with Gasteiger partial charge in [0.1, 0.15) is 18.6 Å². The molecule has 1 amide bonds. The van der Waals surface area contributed by atoms with Gasteiger partial charge in [-0.05, 0) is 48.7 Å². The Bertz CT molecular complexity index is 1610. The molecular formula is C30H37F3N4O5S. The molecule has 0 fully saturated rings. The van der Waals surface area contributed by atoms with E-state index >= 15 is 0 Å². The predicted molar refractivity (Wildman–Crippen MR) is 157 cm³/mol. The maximum absolute atomic E-state index is 14.2. The third-order valence-corrected chi connectivity index (χ3v) is 8.76. The number of nitrogens with one attached hydrogen (secondary N) is 1. The molecule has 1 aromatic heterocycles. The number of amides is 1. The van der Waals surface area contributed by atoms with Crippen LogP contribution in [-0.4, -0.2) is 54.2 Å². The first-order chi connectivity index (χ1) is 19.9. The number of oxime groups is 1. The molecule has 0 aliphatic heterocycles. The van der Waals surface area contributed by atoms with Gasteiger partial charge >= 0.3 is 6.18 Å².